The van der Waals surface area contributed by atoms with Crippen molar-refractivity contribution in [3.8, 4) is 0 Å². The molecule has 2 aromatic carbocycles. The number of hydrogen-bond acceptors (Lipinski definition) is 6. The lowest BCUT2D eigenvalue weighted by atomic mass is 9.81. The van der Waals surface area contributed by atoms with E-state index in [1.54, 1.807) is 0 Å². The van der Waals surface area contributed by atoms with E-state index in [2.05, 4.69) is 31.9 Å². The van der Waals surface area contributed by atoms with E-state index in [-0.39, 0.29) is 26.5 Å². The van der Waals surface area contributed by atoms with Crippen LogP contribution in [0.5, 0.6) is 0 Å². The summed E-state index contributed by atoms with van der Waals surface area (Å²) in [6.07, 6.45) is 0.761. The van der Waals surface area contributed by atoms with E-state index < -0.39 is 46.8 Å². The van der Waals surface area contributed by atoms with Crippen LogP contribution in [-0.2, 0) is 9.59 Å². The third kappa shape index (κ3) is 5.03. The zero-order chi connectivity index (χ0) is 25.4. The molecular formula is C23H18Br2ClN3O6. The molecule has 1 saturated carbocycles. The summed E-state index contributed by atoms with van der Waals surface area (Å²) in [4.78, 5) is 63.8. The Bertz CT molecular complexity index is 1200. The number of carbonyl (C=O) groups is 4. The van der Waals surface area contributed by atoms with Crippen molar-refractivity contribution in [3.63, 3.8) is 0 Å². The van der Waals surface area contributed by atoms with Crippen molar-refractivity contribution >= 4 is 72.7 Å². The Morgan fingerprint density at radius 2 is 1.57 bits per heavy atom. The minimum atomic E-state index is -0.873. The van der Waals surface area contributed by atoms with Gasteiger partial charge in [0, 0.05) is 37.9 Å². The second kappa shape index (κ2) is 10.2. The number of benzene rings is 2. The number of rotatable bonds is 6. The number of imide groups is 1. The highest BCUT2D eigenvalue weighted by Gasteiger charge is 2.54. The number of nitro groups is 1. The maximum atomic E-state index is 13.5. The number of halogens is 3. The van der Waals surface area contributed by atoms with E-state index in [4.69, 9.17) is 11.6 Å². The van der Waals surface area contributed by atoms with Gasteiger partial charge in [-0.1, -0.05) is 49.5 Å². The monoisotopic (exact) mass is 625 g/mol. The van der Waals surface area contributed by atoms with Gasteiger partial charge in [0.25, 0.3) is 23.4 Å². The first-order valence-corrected chi connectivity index (χ1v) is 12.8. The Morgan fingerprint density at radius 1 is 1.00 bits per heavy atom. The fraction of sp³-hybridized carbons (Fsp3) is 0.304. The van der Waals surface area contributed by atoms with Gasteiger partial charge in [0.1, 0.15) is 6.54 Å². The van der Waals surface area contributed by atoms with Crippen LogP contribution in [0.3, 0.4) is 0 Å². The molecule has 0 unspecified atom stereocenters. The minimum Gasteiger partial charge on any atom is -0.292 e. The Labute approximate surface area is 221 Å². The number of hydrogen-bond donors (Lipinski definition) is 0. The predicted octanol–water partition coefficient (Wildman–Crippen LogP) is 4.41. The lowest BCUT2D eigenvalue weighted by Gasteiger charge is -2.30. The third-order valence-corrected chi connectivity index (χ3v) is 9.11. The Balaban J connectivity index is 1.72. The largest absolute Gasteiger partial charge is 0.292 e. The van der Waals surface area contributed by atoms with E-state index >= 15 is 0 Å². The number of nitrogens with zero attached hydrogens (tertiary/aromatic N) is 3. The topological polar surface area (TPSA) is 118 Å². The fourth-order valence-corrected chi connectivity index (χ4v) is 5.68. The van der Waals surface area contributed by atoms with Crippen molar-refractivity contribution in [2.45, 2.75) is 22.5 Å². The number of non-ortho nitro benzene ring substituents is 1. The molecule has 3 amide bonds. The molecule has 4 rings (SSSR count). The van der Waals surface area contributed by atoms with Gasteiger partial charge in [-0.25, -0.2) is 5.01 Å². The van der Waals surface area contributed by atoms with E-state index in [0.717, 1.165) is 16.1 Å². The molecule has 182 valence electrons. The molecule has 2 aromatic rings. The third-order valence-electron chi connectivity index (χ3n) is 6.13. The predicted molar refractivity (Wildman–Crippen MR) is 133 cm³/mol. The van der Waals surface area contributed by atoms with Gasteiger partial charge >= 0.3 is 0 Å². The number of alkyl halides is 2. The molecular weight excluding hydrogens is 610 g/mol. The molecule has 1 saturated heterocycles. The number of fused-ring (bicyclic) bond motifs is 1. The average molecular weight is 628 g/mol. The van der Waals surface area contributed by atoms with Crippen molar-refractivity contribution in [2.24, 2.45) is 11.8 Å². The SMILES string of the molecule is O=C(CN(C(=O)c1cccc([N+](=O)[O-])c1)N1C(=O)[C@H]2C[C@@H](Br)[C@@H](Br)C[C@H]2C1=O)c1ccc(Cl)cc1. The highest BCUT2D eigenvalue weighted by molar-refractivity contribution is 9.12. The average Bonchev–Trinajstić information content (AvgIpc) is 3.06. The summed E-state index contributed by atoms with van der Waals surface area (Å²) in [5, 5.41) is 13.2. The molecule has 12 heteroatoms. The van der Waals surface area contributed by atoms with Crippen LogP contribution in [0.4, 0.5) is 5.69 Å². The molecule has 0 bridgehead atoms. The van der Waals surface area contributed by atoms with Crippen molar-refractivity contribution in [2.75, 3.05) is 6.54 Å². The molecule has 9 nitrogen and oxygen atoms in total. The molecule has 0 spiro atoms. The summed E-state index contributed by atoms with van der Waals surface area (Å²) in [5.74, 6) is -3.86. The summed E-state index contributed by atoms with van der Waals surface area (Å²) in [5.41, 5.74) is -0.240. The van der Waals surface area contributed by atoms with Gasteiger partial charge in [-0.15, -0.1) is 0 Å². The molecule has 1 heterocycles. The van der Waals surface area contributed by atoms with E-state index in [9.17, 15) is 29.3 Å². The maximum Gasteiger partial charge on any atom is 0.273 e. The molecule has 35 heavy (non-hydrogen) atoms. The van der Waals surface area contributed by atoms with Crippen molar-refractivity contribution in [1.29, 1.82) is 0 Å². The standard InChI is InChI=1S/C23H18Br2ClN3O6/c24-18-9-16-17(10-19(18)25)23(33)28(22(16)32)27(11-20(30)12-4-6-14(26)7-5-12)21(31)13-2-1-3-15(8-13)29(34)35/h1-8,16-19H,9-11H2/t16-,17+,18+,19-. The molecule has 0 radical (unpaired) electrons. The highest BCUT2D eigenvalue weighted by Crippen LogP contribution is 2.43. The van der Waals surface area contributed by atoms with Crippen LogP contribution >= 0.6 is 43.5 Å². The lowest BCUT2D eigenvalue weighted by molar-refractivity contribution is -0.384. The molecule has 1 aliphatic carbocycles. The van der Waals surface area contributed by atoms with E-state index in [1.165, 1.54) is 42.5 Å². The van der Waals surface area contributed by atoms with Gasteiger partial charge in [0.2, 0.25) is 0 Å². The summed E-state index contributed by atoms with van der Waals surface area (Å²) < 4.78 is 0. The van der Waals surface area contributed by atoms with Gasteiger partial charge in [0.15, 0.2) is 5.78 Å². The minimum absolute atomic E-state index is 0.0444. The highest BCUT2D eigenvalue weighted by atomic mass is 79.9. The smallest absolute Gasteiger partial charge is 0.273 e. The van der Waals surface area contributed by atoms with Crippen LogP contribution in [-0.4, -0.2) is 54.6 Å². The van der Waals surface area contributed by atoms with Crippen molar-refractivity contribution in [3.05, 3.63) is 74.8 Å². The lowest BCUT2D eigenvalue weighted by Crippen LogP contribution is -2.52. The normalized spacial score (nSPS) is 23.7. The van der Waals surface area contributed by atoms with Gasteiger partial charge in [0.05, 0.1) is 16.8 Å². The van der Waals surface area contributed by atoms with Gasteiger partial charge < -0.3 is 0 Å². The summed E-state index contributed by atoms with van der Waals surface area (Å²) in [6, 6.07) is 10.9. The number of Topliss-reactive ketones (excluding diaryl/α,β-unsaturated/α-hetero) is 1. The Hall–Kier alpha value is -2.63. The van der Waals surface area contributed by atoms with Crippen LogP contribution in [0.25, 0.3) is 0 Å². The van der Waals surface area contributed by atoms with Crippen LogP contribution in [0.15, 0.2) is 48.5 Å². The first kappa shape index (κ1) is 25.5. The second-order valence-electron chi connectivity index (χ2n) is 8.30. The van der Waals surface area contributed by atoms with Crippen LogP contribution in [0, 0.1) is 22.0 Å². The Morgan fingerprint density at radius 3 is 2.11 bits per heavy atom. The molecule has 0 aromatic heterocycles. The maximum absolute atomic E-state index is 13.5. The van der Waals surface area contributed by atoms with Crippen molar-refractivity contribution in [1.82, 2.24) is 10.0 Å². The van der Waals surface area contributed by atoms with Crippen molar-refractivity contribution < 1.29 is 24.1 Å². The van der Waals surface area contributed by atoms with Gasteiger partial charge in [-0.05, 0) is 43.2 Å². The number of ketones is 1. The number of nitro benzene ring substituents is 1. The summed E-state index contributed by atoms with van der Waals surface area (Å²) in [7, 11) is 0. The summed E-state index contributed by atoms with van der Waals surface area (Å²) in [6.45, 7) is -0.616. The zero-order valence-corrected chi connectivity index (χ0v) is 21.9. The first-order valence-electron chi connectivity index (χ1n) is 10.6. The molecule has 0 N–H and O–H groups in total. The number of carbonyl (C=O) groups excluding carboxylic acids is 4. The molecule has 4 atom stereocenters. The number of hydrazine groups is 1. The van der Waals surface area contributed by atoms with Crippen LogP contribution in [0.1, 0.15) is 33.6 Å². The first-order chi connectivity index (χ1) is 16.6. The molecule has 2 aliphatic rings. The zero-order valence-electron chi connectivity index (χ0n) is 18.0. The summed E-state index contributed by atoms with van der Waals surface area (Å²) >= 11 is 12.9. The van der Waals surface area contributed by atoms with E-state index in [1.807, 2.05) is 0 Å². The quantitative estimate of drug-likeness (QED) is 0.154. The number of amides is 3. The van der Waals surface area contributed by atoms with E-state index in [0.29, 0.717) is 17.9 Å². The van der Waals surface area contributed by atoms with Gasteiger partial charge in [-0.3, -0.25) is 29.3 Å². The van der Waals surface area contributed by atoms with Crippen LogP contribution < -0.4 is 0 Å². The van der Waals surface area contributed by atoms with Gasteiger partial charge in [-0.2, -0.15) is 5.01 Å². The fourth-order valence-electron chi connectivity index (χ4n) is 4.31. The molecule has 1 aliphatic heterocycles. The van der Waals surface area contributed by atoms with Crippen LogP contribution in [0.2, 0.25) is 5.02 Å². The second-order valence-corrected chi connectivity index (χ2v) is 11.1. The Kier molecular flexibility index (Phi) is 7.39. The molecule has 2 fully saturated rings.